The van der Waals surface area contributed by atoms with Crippen molar-refractivity contribution in [3.63, 3.8) is 0 Å². The Morgan fingerprint density at radius 1 is 1.56 bits per heavy atom. The monoisotopic (exact) mass is 270 g/mol. The van der Waals surface area contributed by atoms with E-state index in [0.29, 0.717) is 6.54 Å². The van der Waals surface area contributed by atoms with Gasteiger partial charge in [0.2, 0.25) is 0 Å². The molecule has 102 valence electrons. The second kappa shape index (κ2) is 6.75. The van der Waals surface area contributed by atoms with Gasteiger partial charge in [-0.25, -0.2) is 4.79 Å². The van der Waals surface area contributed by atoms with E-state index in [-0.39, 0.29) is 12.6 Å². The first kappa shape index (κ1) is 15.0. The second-order valence-electron chi connectivity index (χ2n) is 4.80. The van der Waals surface area contributed by atoms with Crippen LogP contribution in [0.1, 0.15) is 37.1 Å². The van der Waals surface area contributed by atoms with Gasteiger partial charge in [-0.1, -0.05) is 13.3 Å². The molecule has 1 aromatic rings. The van der Waals surface area contributed by atoms with E-state index in [1.54, 1.807) is 11.3 Å². The predicted molar refractivity (Wildman–Crippen MR) is 74.8 cm³/mol. The van der Waals surface area contributed by atoms with Crippen LogP contribution in [0.3, 0.4) is 0 Å². The van der Waals surface area contributed by atoms with Gasteiger partial charge >= 0.3 is 6.03 Å². The van der Waals surface area contributed by atoms with E-state index in [1.165, 1.54) is 5.56 Å². The molecule has 0 spiro atoms. The molecule has 0 saturated carbocycles. The molecule has 0 aliphatic carbocycles. The van der Waals surface area contributed by atoms with Gasteiger partial charge in [0.1, 0.15) is 0 Å². The minimum Gasteiger partial charge on any atom is -0.394 e. The molecule has 2 amide bonds. The van der Waals surface area contributed by atoms with Gasteiger partial charge in [0.25, 0.3) is 0 Å². The maximum absolute atomic E-state index is 11.8. The van der Waals surface area contributed by atoms with Crippen molar-refractivity contribution in [2.75, 3.05) is 6.61 Å². The van der Waals surface area contributed by atoms with Crippen LogP contribution in [0.5, 0.6) is 0 Å². The van der Waals surface area contributed by atoms with E-state index >= 15 is 0 Å². The Balaban J connectivity index is 2.44. The third-order valence-corrected chi connectivity index (χ3v) is 3.97. The summed E-state index contributed by atoms with van der Waals surface area (Å²) in [5.41, 5.74) is 0.655. The second-order valence-corrected chi connectivity index (χ2v) is 5.80. The number of aryl methyl sites for hydroxylation is 1. The third kappa shape index (κ3) is 4.31. The lowest BCUT2D eigenvalue weighted by molar-refractivity contribution is 0.163. The van der Waals surface area contributed by atoms with Crippen molar-refractivity contribution in [2.45, 2.75) is 45.7 Å². The summed E-state index contributed by atoms with van der Waals surface area (Å²) in [7, 11) is 0. The van der Waals surface area contributed by atoms with Gasteiger partial charge in [-0.2, -0.15) is 0 Å². The average molecular weight is 270 g/mol. The molecule has 1 rings (SSSR count). The highest BCUT2D eigenvalue weighted by molar-refractivity contribution is 7.10. The van der Waals surface area contributed by atoms with E-state index in [9.17, 15) is 9.90 Å². The molecule has 3 N–H and O–H groups in total. The first-order chi connectivity index (χ1) is 8.50. The number of amides is 2. The average Bonchev–Trinajstić information content (AvgIpc) is 2.72. The number of carbonyl (C=O) groups is 1. The number of aliphatic hydroxyl groups excluding tert-OH is 1. The SMILES string of the molecule is CCCC(C)(CO)NC(=O)NCc1sccc1C. The highest BCUT2D eigenvalue weighted by atomic mass is 32.1. The van der Waals surface area contributed by atoms with Gasteiger partial charge in [-0.15, -0.1) is 11.3 Å². The van der Waals surface area contributed by atoms with E-state index in [2.05, 4.69) is 10.6 Å². The highest BCUT2D eigenvalue weighted by Crippen LogP contribution is 2.15. The summed E-state index contributed by atoms with van der Waals surface area (Å²) in [6.07, 6.45) is 1.68. The Morgan fingerprint density at radius 2 is 2.28 bits per heavy atom. The minimum atomic E-state index is -0.538. The molecule has 1 aromatic heterocycles. The lowest BCUT2D eigenvalue weighted by atomic mass is 9.98. The summed E-state index contributed by atoms with van der Waals surface area (Å²) in [4.78, 5) is 12.9. The summed E-state index contributed by atoms with van der Waals surface area (Å²) in [6.45, 7) is 6.39. The Bertz CT molecular complexity index is 392. The topological polar surface area (TPSA) is 61.4 Å². The van der Waals surface area contributed by atoms with Crippen molar-refractivity contribution >= 4 is 17.4 Å². The first-order valence-corrected chi connectivity index (χ1v) is 7.08. The number of hydrogen-bond donors (Lipinski definition) is 3. The zero-order chi connectivity index (χ0) is 13.6. The molecule has 18 heavy (non-hydrogen) atoms. The number of urea groups is 1. The van der Waals surface area contributed by atoms with E-state index in [4.69, 9.17) is 0 Å². The zero-order valence-corrected chi connectivity index (χ0v) is 12.1. The molecule has 1 heterocycles. The molecule has 0 radical (unpaired) electrons. The van der Waals surface area contributed by atoms with Crippen LogP contribution >= 0.6 is 11.3 Å². The normalized spacial score (nSPS) is 14.0. The van der Waals surface area contributed by atoms with Crippen molar-refractivity contribution in [2.24, 2.45) is 0 Å². The van der Waals surface area contributed by atoms with Crippen LogP contribution < -0.4 is 10.6 Å². The molecule has 0 aliphatic heterocycles. The number of rotatable bonds is 6. The van der Waals surface area contributed by atoms with Gasteiger partial charge in [0, 0.05) is 4.88 Å². The maximum atomic E-state index is 11.8. The Labute approximate surface area is 112 Å². The number of aliphatic hydroxyl groups is 1. The fraction of sp³-hybridized carbons (Fsp3) is 0.615. The minimum absolute atomic E-state index is 0.0493. The van der Waals surface area contributed by atoms with Crippen LogP contribution in [0.25, 0.3) is 0 Å². The van der Waals surface area contributed by atoms with Crippen LogP contribution in [0.2, 0.25) is 0 Å². The molecular formula is C13H22N2O2S. The van der Waals surface area contributed by atoms with Gasteiger partial charge in [-0.3, -0.25) is 0 Å². The Kier molecular flexibility index (Phi) is 5.62. The first-order valence-electron chi connectivity index (χ1n) is 6.20. The Hall–Kier alpha value is -1.07. The summed E-state index contributed by atoms with van der Waals surface area (Å²) >= 11 is 1.63. The Morgan fingerprint density at radius 3 is 2.78 bits per heavy atom. The van der Waals surface area contributed by atoms with Gasteiger partial charge in [0.15, 0.2) is 0 Å². The number of thiophene rings is 1. The third-order valence-electron chi connectivity index (χ3n) is 2.94. The number of nitrogens with one attached hydrogen (secondary N) is 2. The highest BCUT2D eigenvalue weighted by Gasteiger charge is 2.24. The van der Waals surface area contributed by atoms with Crippen LogP contribution in [-0.4, -0.2) is 23.3 Å². The maximum Gasteiger partial charge on any atom is 0.315 e. The molecule has 0 saturated heterocycles. The van der Waals surface area contributed by atoms with Crippen LogP contribution in [0.15, 0.2) is 11.4 Å². The smallest absolute Gasteiger partial charge is 0.315 e. The molecule has 1 unspecified atom stereocenters. The number of hydrogen-bond acceptors (Lipinski definition) is 3. The summed E-state index contributed by atoms with van der Waals surface area (Å²) in [5.74, 6) is 0. The molecule has 0 aromatic carbocycles. The van der Waals surface area contributed by atoms with E-state index < -0.39 is 5.54 Å². The van der Waals surface area contributed by atoms with Crippen LogP contribution in [0.4, 0.5) is 4.79 Å². The van der Waals surface area contributed by atoms with Crippen molar-refractivity contribution < 1.29 is 9.90 Å². The molecule has 0 bridgehead atoms. The van der Waals surface area contributed by atoms with E-state index in [0.717, 1.165) is 17.7 Å². The summed E-state index contributed by atoms with van der Waals surface area (Å²) in [6, 6.07) is 1.81. The van der Waals surface area contributed by atoms with Crippen molar-refractivity contribution in [3.05, 3.63) is 21.9 Å². The predicted octanol–water partition coefficient (Wildman–Crippen LogP) is 2.41. The fourth-order valence-electron chi connectivity index (χ4n) is 1.80. The molecular weight excluding hydrogens is 248 g/mol. The van der Waals surface area contributed by atoms with Crippen molar-refractivity contribution in [1.29, 1.82) is 0 Å². The lowest BCUT2D eigenvalue weighted by Gasteiger charge is -2.28. The molecule has 5 heteroatoms. The fourth-order valence-corrected chi connectivity index (χ4v) is 2.64. The molecule has 1 atom stereocenters. The standard InChI is InChI=1S/C13H22N2O2S/c1-4-6-13(3,9-16)15-12(17)14-8-11-10(2)5-7-18-11/h5,7,16H,4,6,8-9H2,1-3H3,(H2,14,15,17). The van der Waals surface area contributed by atoms with Crippen molar-refractivity contribution in [3.8, 4) is 0 Å². The molecule has 4 nitrogen and oxygen atoms in total. The largest absolute Gasteiger partial charge is 0.394 e. The van der Waals surface area contributed by atoms with Crippen LogP contribution in [-0.2, 0) is 6.54 Å². The number of carbonyl (C=O) groups excluding carboxylic acids is 1. The molecule has 0 fully saturated rings. The van der Waals surface area contributed by atoms with Crippen molar-refractivity contribution in [1.82, 2.24) is 10.6 Å². The quantitative estimate of drug-likeness (QED) is 0.743. The zero-order valence-electron chi connectivity index (χ0n) is 11.2. The summed E-state index contributed by atoms with van der Waals surface area (Å²) in [5, 5.41) is 17.0. The van der Waals surface area contributed by atoms with Crippen LogP contribution in [0, 0.1) is 6.92 Å². The summed E-state index contributed by atoms with van der Waals surface area (Å²) < 4.78 is 0. The van der Waals surface area contributed by atoms with E-state index in [1.807, 2.05) is 32.2 Å². The molecule has 0 aliphatic rings. The lowest BCUT2D eigenvalue weighted by Crippen LogP contribution is -2.52. The van der Waals surface area contributed by atoms with Gasteiger partial charge in [0.05, 0.1) is 18.7 Å². The van der Waals surface area contributed by atoms with Gasteiger partial charge < -0.3 is 15.7 Å². The van der Waals surface area contributed by atoms with Gasteiger partial charge in [-0.05, 0) is 37.3 Å².